The van der Waals surface area contributed by atoms with Crippen molar-refractivity contribution in [2.24, 2.45) is 5.14 Å². The number of hydrogen-bond acceptors (Lipinski definition) is 9. The molecule has 1 aliphatic heterocycles. The first-order valence-corrected chi connectivity index (χ1v) is 10.0. The number of aryl methyl sites for hydroxylation is 1. The zero-order valence-corrected chi connectivity index (χ0v) is 15.2. The number of hydrazine groups is 3. The van der Waals surface area contributed by atoms with Crippen LogP contribution in [0.25, 0.3) is 16.4 Å². The number of hydrogen-bond donors (Lipinski definition) is 5. The molecule has 0 aliphatic carbocycles. The molecule has 12 heteroatoms. The molecule has 10 nitrogen and oxygen atoms in total. The lowest BCUT2D eigenvalue weighted by molar-refractivity contribution is 0.540. The van der Waals surface area contributed by atoms with Gasteiger partial charge >= 0.3 is 0 Å². The minimum atomic E-state index is -3.92. The number of nitrogens with zero attached hydrogens (tertiary/aromatic N) is 3. The van der Waals surface area contributed by atoms with Crippen LogP contribution in [-0.2, 0) is 10.0 Å². The Kier molecular flexibility index (Phi) is 4.32. The summed E-state index contributed by atoms with van der Waals surface area (Å²) in [7, 11) is -3.92. The molecule has 0 amide bonds. The van der Waals surface area contributed by atoms with Crippen molar-refractivity contribution in [3.8, 4) is 16.4 Å². The Morgan fingerprint density at radius 3 is 2.69 bits per heavy atom. The van der Waals surface area contributed by atoms with E-state index in [9.17, 15) is 8.42 Å². The third kappa shape index (κ3) is 3.03. The Hall–Kier alpha value is -2.19. The van der Waals surface area contributed by atoms with E-state index in [0.717, 1.165) is 11.0 Å². The summed E-state index contributed by atoms with van der Waals surface area (Å²) in [6.07, 6.45) is 3.01. The van der Waals surface area contributed by atoms with Gasteiger partial charge in [-0.2, -0.15) is 11.1 Å². The smallest absolute Gasteiger partial charge is 0.238 e. The van der Waals surface area contributed by atoms with Gasteiger partial charge in [0.25, 0.3) is 0 Å². The van der Waals surface area contributed by atoms with Gasteiger partial charge in [-0.05, 0) is 13.0 Å². The fourth-order valence-electron chi connectivity index (χ4n) is 2.79. The quantitative estimate of drug-likeness (QED) is 0.420. The average molecular weight is 392 g/mol. The second-order valence-corrected chi connectivity index (χ2v) is 7.96. The zero-order chi connectivity index (χ0) is 18.3. The molecule has 0 saturated carbocycles. The highest BCUT2D eigenvalue weighted by molar-refractivity contribution is 7.89. The predicted octanol–water partition coefficient (Wildman–Crippen LogP) is 0.0672. The lowest BCUT2D eigenvalue weighted by Crippen LogP contribution is -2.33. The van der Waals surface area contributed by atoms with E-state index in [2.05, 4.69) is 31.9 Å². The molecule has 1 saturated heterocycles. The van der Waals surface area contributed by atoms with Crippen LogP contribution in [0.15, 0.2) is 40.9 Å². The molecule has 136 valence electrons. The summed E-state index contributed by atoms with van der Waals surface area (Å²) in [5.74, 6) is 0.817. The molecular weight excluding hydrogens is 376 g/mol. The molecule has 0 unspecified atom stereocenters. The number of nitrogens with one attached hydrogen (secondary N) is 4. The van der Waals surface area contributed by atoms with Crippen LogP contribution in [0.2, 0.25) is 0 Å². The van der Waals surface area contributed by atoms with Crippen molar-refractivity contribution in [2.75, 3.05) is 0 Å². The lowest BCUT2D eigenvalue weighted by Gasteiger charge is -2.17. The molecule has 0 bridgehead atoms. The molecule has 3 heterocycles. The van der Waals surface area contributed by atoms with Crippen LogP contribution in [0.3, 0.4) is 0 Å². The maximum absolute atomic E-state index is 12.1. The van der Waals surface area contributed by atoms with Gasteiger partial charge in [-0.25, -0.2) is 34.4 Å². The molecule has 1 aliphatic rings. The SMILES string of the molecule is Cc1nccn1-c1nc(-c2cccc(S(N)(=O)=O)c2C2NNNN2)cs1. The number of rotatable bonds is 4. The molecule has 4 rings (SSSR count). The highest BCUT2D eigenvalue weighted by atomic mass is 32.2. The van der Waals surface area contributed by atoms with E-state index >= 15 is 0 Å². The summed E-state index contributed by atoms with van der Waals surface area (Å²) in [5, 5.41) is 8.03. The van der Waals surface area contributed by atoms with Gasteiger partial charge < -0.3 is 0 Å². The summed E-state index contributed by atoms with van der Waals surface area (Å²) >= 11 is 1.44. The summed E-state index contributed by atoms with van der Waals surface area (Å²) < 4.78 is 26.0. The van der Waals surface area contributed by atoms with Gasteiger partial charge in [0.2, 0.25) is 10.0 Å². The third-order valence-corrected chi connectivity index (χ3v) is 5.77. The summed E-state index contributed by atoms with van der Waals surface area (Å²) in [6.45, 7) is 1.89. The number of imidazole rings is 1. The minimum absolute atomic E-state index is 0.0267. The van der Waals surface area contributed by atoms with Gasteiger partial charge in [0.15, 0.2) is 5.13 Å². The van der Waals surface area contributed by atoms with E-state index in [4.69, 9.17) is 5.14 Å². The fraction of sp³-hybridized carbons (Fsp3) is 0.143. The fourth-order valence-corrected chi connectivity index (χ4v) is 4.45. The van der Waals surface area contributed by atoms with Crippen molar-refractivity contribution >= 4 is 21.4 Å². The van der Waals surface area contributed by atoms with E-state index in [1.165, 1.54) is 17.4 Å². The molecule has 1 aromatic carbocycles. The van der Waals surface area contributed by atoms with E-state index < -0.39 is 16.2 Å². The second-order valence-electron chi connectivity index (χ2n) is 5.59. The molecule has 0 radical (unpaired) electrons. The van der Waals surface area contributed by atoms with Crippen LogP contribution < -0.4 is 27.1 Å². The molecule has 2 aromatic heterocycles. The van der Waals surface area contributed by atoms with Crippen molar-refractivity contribution in [3.63, 3.8) is 0 Å². The molecule has 26 heavy (non-hydrogen) atoms. The number of benzene rings is 1. The van der Waals surface area contributed by atoms with Crippen molar-refractivity contribution in [2.45, 2.75) is 18.0 Å². The highest BCUT2D eigenvalue weighted by Crippen LogP contribution is 2.33. The Balaban J connectivity index is 1.87. The van der Waals surface area contributed by atoms with Gasteiger partial charge in [-0.15, -0.1) is 11.3 Å². The van der Waals surface area contributed by atoms with Crippen molar-refractivity contribution in [1.29, 1.82) is 0 Å². The highest BCUT2D eigenvalue weighted by Gasteiger charge is 2.27. The van der Waals surface area contributed by atoms with Crippen LogP contribution in [0, 0.1) is 6.92 Å². The Morgan fingerprint density at radius 2 is 2.04 bits per heavy atom. The summed E-state index contributed by atoms with van der Waals surface area (Å²) in [6, 6.07) is 4.93. The van der Waals surface area contributed by atoms with Crippen molar-refractivity contribution < 1.29 is 8.42 Å². The van der Waals surface area contributed by atoms with Crippen LogP contribution in [0.5, 0.6) is 0 Å². The average Bonchev–Trinajstić information content (AvgIpc) is 3.34. The largest absolute Gasteiger partial charge is 0.279 e. The van der Waals surface area contributed by atoms with E-state index in [1.54, 1.807) is 12.3 Å². The van der Waals surface area contributed by atoms with Gasteiger partial charge in [0.05, 0.1) is 10.6 Å². The standard InChI is InChI=1S/C14H16N8O2S2/c1-8-16-5-6-22(8)14-17-10(7-25-14)9-3-2-4-11(26(15,23)24)12(9)13-18-20-21-19-13/h2-7,13,18-21H,1H3,(H2,15,23,24). The van der Waals surface area contributed by atoms with Crippen LogP contribution >= 0.6 is 11.3 Å². The molecule has 1 fully saturated rings. The van der Waals surface area contributed by atoms with E-state index in [-0.39, 0.29) is 4.90 Å². The number of aromatic nitrogens is 3. The van der Waals surface area contributed by atoms with Crippen molar-refractivity contribution in [3.05, 3.63) is 47.4 Å². The Morgan fingerprint density at radius 1 is 1.27 bits per heavy atom. The molecule has 0 spiro atoms. The monoisotopic (exact) mass is 392 g/mol. The lowest BCUT2D eigenvalue weighted by atomic mass is 10.0. The topological polar surface area (TPSA) is 139 Å². The number of thiazole rings is 1. The van der Waals surface area contributed by atoms with Gasteiger partial charge in [-0.1, -0.05) is 12.1 Å². The second kappa shape index (κ2) is 6.51. The number of primary sulfonamides is 1. The first-order chi connectivity index (χ1) is 12.4. The molecule has 0 atom stereocenters. The first kappa shape index (κ1) is 17.2. The van der Waals surface area contributed by atoms with Crippen LogP contribution in [0.4, 0.5) is 0 Å². The van der Waals surface area contributed by atoms with Crippen LogP contribution in [-0.4, -0.2) is 23.0 Å². The van der Waals surface area contributed by atoms with E-state index in [1.807, 2.05) is 29.1 Å². The Bertz CT molecular complexity index is 1050. The maximum Gasteiger partial charge on any atom is 0.238 e. The van der Waals surface area contributed by atoms with Crippen LogP contribution in [0.1, 0.15) is 17.6 Å². The number of sulfonamides is 1. The zero-order valence-electron chi connectivity index (χ0n) is 13.6. The minimum Gasteiger partial charge on any atom is -0.279 e. The van der Waals surface area contributed by atoms with Crippen molar-refractivity contribution in [1.82, 2.24) is 36.5 Å². The third-order valence-electron chi connectivity index (χ3n) is 3.96. The first-order valence-electron chi connectivity index (χ1n) is 7.58. The maximum atomic E-state index is 12.1. The molecular formula is C14H16N8O2S2. The molecule has 6 N–H and O–H groups in total. The summed E-state index contributed by atoms with van der Waals surface area (Å²) in [4.78, 5) is 8.87. The predicted molar refractivity (Wildman–Crippen MR) is 96.1 cm³/mol. The number of nitrogens with two attached hydrogens (primary N) is 1. The Labute approximate surface area is 153 Å². The molecule has 3 aromatic rings. The van der Waals surface area contributed by atoms with Gasteiger partial charge in [0.1, 0.15) is 12.0 Å². The van der Waals surface area contributed by atoms with Gasteiger partial charge in [0, 0.05) is 28.9 Å². The van der Waals surface area contributed by atoms with E-state index in [0.29, 0.717) is 16.8 Å². The normalized spacial score (nSPS) is 15.6. The summed E-state index contributed by atoms with van der Waals surface area (Å²) in [5.41, 5.74) is 13.0. The van der Waals surface area contributed by atoms with Gasteiger partial charge in [-0.3, -0.25) is 4.57 Å².